The lowest BCUT2D eigenvalue weighted by Crippen LogP contribution is -2.03. The van der Waals surface area contributed by atoms with Gasteiger partial charge in [0.25, 0.3) is 0 Å². The van der Waals surface area contributed by atoms with Gasteiger partial charge in [-0.05, 0) is 38.0 Å². The number of nitrogens with one attached hydrogen (secondary N) is 1. The first-order valence-electron chi connectivity index (χ1n) is 9.05. The van der Waals surface area contributed by atoms with Gasteiger partial charge in [0.15, 0.2) is 10.9 Å². The fourth-order valence-electron chi connectivity index (χ4n) is 2.73. The van der Waals surface area contributed by atoms with E-state index in [2.05, 4.69) is 9.97 Å². The van der Waals surface area contributed by atoms with E-state index in [0.717, 1.165) is 34.8 Å². The number of imidazole rings is 1. The number of fused-ring (bicyclic) bond motifs is 1. The van der Waals surface area contributed by atoms with E-state index < -0.39 is 0 Å². The number of hydrogen-bond donors (Lipinski definition) is 1. The van der Waals surface area contributed by atoms with Gasteiger partial charge in [-0.3, -0.25) is 9.59 Å². The van der Waals surface area contributed by atoms with Crippen LogP contribution in [0.4, 0.5) is 0 Å². The Balaban J connectivity index is 1.58. The molecular formula is C21H22N2O3S. The van der Waals surface area contributed by atoms with Crippen LogP contribution in [0.3, 0.4) is 0 Å². The fourth-order valence-corrected chi connectivity index (χ4v) is 3.61. The van der Waals surface area contributed by atoms with Crippen molar-refractivity contribution in [2.75, 3.05) is 12.4 Å². The van der Waals surface area contributed by atoms with E-state index in [1.54, 1.807) is 11.8 Å². The maximum atomic E-state index is 12.6. The second-order valence-corrected chi connectivity index (χ2v) is 7.16. The highest BCUT2D eigenvalue weighted by Gasteiger charge is 2.11. The molecule has 0 atom stereocenters. The maximum absolute atomic E-state index is 12.6. The fraction of sp³-hybridized carbons (Fsp3) is 0.286. The molecular weight excluding hydrogens is 360 g/mol. The zero-order chi connectivity index (χ0) is 19.1. The Morgan fingerprint density at radius 2 is 1.89 bits per heavy atom. The lowest BCUT2D eigenvalue weighted by molar-refractivity contribution is -0.143. The summed E-state index contributed by atoms with van der Waals surface area (Å²) < 4.78 is 4.92. The zero-order valence-electron chi connectivity index (χ0n) is 15.2. The van der Waals surface area contributed by atoms with Gasteiger partial charge in [-0.2, -0.15) is 0 Å². The van der Waals surface area contributed by atoms with E-state index in [1.165, 1.54) is 0 Å². The minimum absolute atomic E-state index is 0.000249. The molecule has 5 nitrogen and oxygen atoms in total. The molecule has 140 valence electrons. The molecule has 0 aliphatic carbocycles. The van der Waals surface area contributed by atoms with Crippen LogP contribution in [0.2, 0.25) is 0 Å². The topological polar surface area (TPSA) is 72.0 Å². The Morgan fingerprint density at radius 1 is 1.07 bits per heavy atom. The largest absolute Gasteiger partial charge is 0.466 e. The summed E-state index contributed by atoms with van der Waals surface area (Å²) in [5, 5.41) is 0.824. The van der Waals surface area contributed by atoms with Gasteiger partial charge in [0.1, 0.15) is 0 Å². The quantitative estimate of drug-likeness (QED) is 0.253. The molecule has 0 fully saturated rings. The average Bonchev–Trinajstić information content (AvgIpc) is 3.10. The van der Waals surface area contributed by atoms with Gasteiger partial charge in [-0.25, -0.2) is 4.98 Å². The van der Waals surface area contributed by atoms with Crippen molar-refractivity contribution in [3.63, 3.8) is 0 Å². The normalized spacial score (nSPS) is 10.9. The van der Waals surface area contributed by atoms with E-state index in [1.807, 2.05) is 55.5 Å². The molecule has 0 unspecified atom stereocenters. The number of H-pyrrole nitrogens is 1. The summed E-state index contributed by atoms with van der Waals surface area (Å²) in [6.07, 6.45) is 2.18. The van der Waals surface area contributed by atoms with Crippen molar-refractivity contribution in [3.05, 3.63) is 59.7 Å². The first kappa shape index (κ1) is 19.2. The summed E-state index contributed by atoms with van der Waals surface area (Å²) in [4.78, 5) is 31.7. The number of nitrogens with zero attached hydrogens (tertiary/aromatic N) is 1. The van der Waals surface area contributed by atoms with E-state index in [0.29, 0.717) is 24.2 Å². The van der Waals surface area contributed by atoms with Gasteiger partial charge in [-0.1, -0.05) is 42.1 Å². The number of esters is 1. The molecule has 0 spiro atoms. The molecule has 0 saturated heterocycles. The van der Waals surface area contributed by atoms with Crippen LogP contribution in [-0.2, 0) is 9.53 Å². The minimum Gasteiger partial charge on any atom is -0.466 e. The van der Waals surface area contributed by atoms with E-state index in [4.69, 9.17) is 4.74 Å². The third kappa shape index (κ3) is 5.20. The number of ether oxygens (including phenoxy) is 1. The molecule has 1 aromatic heterocycles. The van der Waals surface area contributed by atoms with Crippen LogP contribution < -0.4 is 0 Å². The number of ketones is 1. The number of carbonyl (C=O) groups is 2. The van der Waals surface area contributed by atoms with Crippen LogP contribution >= 0.6 is 11.8 Å². The van der Waals surface area contributed by atoms with Crippen LogP contribution in [0, 0.1) is 0 Å². The van der Waals surface area contributed by atoms with Crippen molar-refractivity contribution >= 4 is 34.5 Å². The smallest absolute Gasteiger partial charge is 0.305 e. The molecule has 2 aromatic carbocycles. The molecule has 0 aliphatic rings. The standard InChI is InChI=1S/C21H22N2O3S/c1-2-26-19(24)10-6-7-13-27-21-22-17-12-11-16(14-18(17)23-21)20(25)15-8-4-3-5-9-15/h3-5,8-9,11-12,14H,2,6-7,10,13H2,1H3,(H,22,23). The van der Waals surface area contributed by atoms with Crippen molar-refractivity contribution in [3.8, 4) is 0 Å². The second kappa shape index (κ2) is 9.37. The number of carbonyl (C=O) groups excluding carboxylic acids is 2. The summed E-state index contributed by atoms with van der Waals surface area (Å²) in [5.41, 5.74) is 3.01. The van der Waals surface area contributed by atoms with Gasteiger partial charge in [0, 0.05) is 23.3 Å². The van der Waals surface area contributed by atoms with E-state index in [-0.39, 0.29) is 11.8 Å². The van der Waals surface area contributed by atoms with Crippen LogP contribution in [0.1, 0.15) is 42.1 Å². The number of hydrogen-bond acceptors (Lipinski definition) is 5. The Hall–Kier alpha value is -2.60. The first-order valence-corrected chi connectivity index (χ1v) is 10.0. The molecule has 0 amide bonds. The van der Waals surface area contributed by atoms with Crippen molar-refractivity contribution in [1.29, 1.82) is 0 Å². The Morgan fingerprint density at radius 3 is 2.67 bits per heavy atom. The molecule has 3 aromatic rings. The highest BCUT2D eigenvalue weighted by atomic mass is 32.2. The molecule has 27 heavy (non-hydrogen) atoms. The second-order valence-electron chi connectivity index (χ2n) is 6.08. The van der Waals surface area contributed by atoms with Crippen LogP contribution in [0.15, 0.2) is 53.7 Å². The molecule has 0 radical (unpaired) electrons. The SMILES string of the molecule is CCOC(=O)CCCCSc1nc2ccc(C(=O)c3ccccc3)cc2[nH]1. The van der Waals surface area contributed by atoms with Crippen LogP contribution in [0.5, 0.6) is 0 Å². The van der Waals surface area contributed by atoms with E-state index in [9.17, 15) is 9.59 Å². The van der Waals surface area contributed by atoms with Gasteiger partial charge in [-0.15, -0.1) is 0 Å². The highest BCUT2D eigenvalue weighted by Crippen LogP contribution is 2.22. The predicted octanol–water partition coefficient (Wildman–Crippen LogP) is 4.62. The maximum Gasteiger partial charge on any atom is 0.305 e. The van der Waals surface area contributed by atoms with Gasteiger partial charge in [0.2, 0.25) is 0 Å². The van der Waals surface area contributed by atoms with Gasteiger partial charge in [0.05, 0.1) is 17.6 Å². The third-order valence-electron chi connectivity index (χ3n) is 4.08. The van der Waals surface area contributed by atoms with Crippen molar-refractivity contribution < 1.29 is 14.3 Å². The molecule has 1 N–H and O–H groups in total. The minimum atomic E-state index is -0.137. The predicted molar refractivity (Wildman–Crippen MR) is 107 cm³/mol. The van der Waals surface area contributed by atoms with Crippen molar-refractivity contribution in [2.24, 2.45) is 0 Å². The number of aromatic amines is 1. The van der Waals surface area contributed by atoms with Gasteiger partial charge >= 0.3 is 5.97 Å². The number of benzene rings is 2. The van der Waals surface area contributed by atoms with Crippen LogP contribution in [0.25, 0.3) is 11.0 Å². The number of rotatable bonds is 9. The molecule has 3 rings (SSSR count). The summed E-state index contributed by atoms with van der Waals surface area (Å²) in [7, 11) is 0. The summed E-state index contributed by atoms with van der Waals surface area (Å²) in [6.45, 7) is 2.25. The molecule has 1 heterocycles. The average molecular weight is 382 g/mol. The van der Waals surface area contributed by atoms with Gasteiger partial charge < -0.3 is 9.72 Å². The molecule has 0 aliphatic heterocycles. The Bertz CT molecular complexity index is 922. The molecule has 6 heteroatoms. The molecule has 0 saturated carbocycles. The first-order chi connectivity index (χ1) is 13.2. The Labute approximate surface area is 162 Å². The van der Waals surface area contributed by atoms with Crippen LogP contribution in [-0.4, -0.2) is 34.1 Å². The lowest BCUT2D eigenvalue weighted by Gasteiger charge is -2.01. The number of aromatic nitrogens is 2. The highest BCUT2D eigenvalue weighted by molar-refractivity contribution is 7.99. The van der Waals surface area contributed by atoms with E-state index >= 15 is 0 Å². The number of thioether (sulfide) groups is 1. The summed E-state index contributed by atoms with van der Waals surface area (Å²) in [6, 6.07) is 14.8. The lowest BCUT2D eigenvalue weighted by atomic mass is 10.0. The monoisotopic (exact) mass is 382 g/mol. The number of unbranched alkanes of at least 4 members (excludes halogenated alkanes) is 1. The Kier molecular flexibility index (Phi) is 6.65. The van der Waals surface area contributed by atoms with Crippen molar-refractivity contribution in [2.45, 2.75) is 31.3 Å². The molecule has 0 bridgehead atoms. The third-order valence-corrected chi connectivity index (χ3v) is 5.04. The summed E-state index contributed by atoms with van der Waals surface area (Å²) in [5.74, 6) is 0.733. The van der Waals surface area contributed by atoms with Crippen molar-refractivity contribution in [1.82, 2.24) is 9.97 Å². The zero-order valence-corrected chi connectivity index (χ0v) is 16.1. The summed E-state index contributed by atoms with van der Waals surface area (Å²) >= 11 is 1.62.